The molecule has 0 spiro atoms. The average molecular weight is 363 g/mol. The van der Waals surface area contributed by atoms with E-state index < -0.39 is 26.4 Å². The van der Waals surface area contributed by atoms with Gasteiger partial charge in [-0.3, -0.25) is 9.00 Å². The SMILES string of the molecule is Cc1ccc(S(=O)[C@@]2(Cl)C[C@@]2(C)C(=O)OCc2ccccc2)cc1. The van der Waals surface area contributed by atoms with E-state index in [0.717, 1.165) is 11.1 Å². The number of hydrogen-bond donors (Lipinski definition) is 0. The first-order valence-corrected chi connectivity index (χ1v) is 9.28. The highest BCUT2D eigenvalue weighted by Crippen LogP contribution is 2.64. The van der Waals surface area contributed by atoms with Gasteiger partial charge in [-0.05, 0) is 38.0 Å². The van der Waals surface area contributed by atoms with Crippen molar-refractivity contribution in [3.05, 3.63) is 65.7 Å². The maximum atomic E-state index is 12.8. The predicted molar refractivity (Wildman–Crippen MR) is 95.1 cm³/mol. The number of esters is 1. The summed E-state index contributed by atoms with van der Waals surface area (Å²) < 4.78 is 17.1. The number of halogens is 1. The van der Waals surface area contributed by atoms with Gasteiger partial charge in [0.25, 0.3) is 0 Å². The van der Waals surface area contributed by atoms with E-state index >= 15 is 0 Å². The van der Waals surface area contributed by atoms with Gasteiger partial charge in [-0.15, -0.1) is 11.6 Å². The number of alkyl halides is 1. The second kappa shape index (κ2) is 6.34. The Morgan fingerprint density at radius 3 is 2.42 bits per heavy atom. The molecular weight excluding hydrogens is 344 g/mol. The largest absolute Gasteiger partial charge is 0.460 e. The lowest BCUT2D eigenvalue weighted by atomic mass is 10.1. The van der Waals surface area contributed by atoms with Gasteiger partial charge < -0.3 is 4.74 Å². The molecule has 1 aliphatic carbocycles. The van der Waals surface area contributed by atoms with Crippen molar-refractivity contribution in [3.8, 4) is 0 Å². The van der Waals surface area contributed by atoms with Gasteiger partial charge in [0.2, 0.25) is 0 Å². The van der Waals surface area contributed by atoms with Crippen molar-refractivity contribution in [2.45, 2.75) is 36.0 Å². The Labute approximate surface area is 149 Å². The van der Waals surface area contributed by atoms with Crippen LogP contribution in [0.25, 0.3) is 0 Å². The molecule has 0 aliphatic heterocycles. The van der Waals surface area contributed by atoms with E-state index in [1.54, 1.807) is 19.1 Å². The summed E-state index contributed by atoms with van der Waals surface area (Å²) in [5.41, 5.74) is 1.06. The summed E-state index contributed by atoms with van der Waals surface area (Å²) in [6, 6.07) is 16.8. The molecule has 0 heterocycles. The van der Waals surface area contributed by atoms with Gasteiger partial charge >= 0.3 is 5.97 Å². The van der Waals surface area contributed by atoms with E-state index in [1.807, 2.05) is 49.4 Å². The first kappa shape index (κ1) is 17.2. The van der Waals surface area contributed by atoms with Crippen molar-refractivity contribution < 1.29 is 13.7 Å². The van der Waals surface area contributed by atoms with Crippen molar-refractivity contribution in [1.29, 1.82) is 0 Å². The number of aryl methyl sites for hydroxylation is 1. The molecule has 2 aromatic rings. The van der Waals surface area contributed by atoms with Gasteiger partial charge in [0, 0.05) is 4.90 Å². The normalized spacial score (nSPS) is 26.6. The molecule has 0 radical (unpaired) electrons. The minimum absolute atomic E-state index is 0.194. The van der Waals surface area contributed by atoms with Gasteiger partial charge in [0.15, 0.2) is 0 Å². The summed E-state index contributed by atoms with van der Waals surface area (Å²) >= 11 is 6.55. The molecule has 3 atom stereocenters. The fourth-order valence-electron chi connectivity index (χ4n) is 2.64. The fourth-order valence-corrected chi connectivity index (χ4v) is 4.92. The Hall–Kier alpha value is -1.65. The molecule has 0 amide bonds. The van der Waals surface area contributed by atoms with Crippen molar-refractivity contribution in [2.24, 2.45) is 5.41 Å². The zero-order chi connectivity index (χ0) is 17.4. The first-order valence-electron chi connectivity index (χ1n) is 7.75. The molecule has 1 aliphatic rings. The maximum absolute atomic E-state index is 12.8. The van der Waals surface area contributed by atoms with Crippen molar-refractivity contribution in [1.82, 2.24) is 0 Å². The molecular formula is C19H19ClO3S. The monoisotopic (exact) mass is 362 g/mol. The second-order valence-corrected chi connectivity index (χ2v) is 8.96. The second-order valence-electron chi connectivity index (χ2n) is 6.38. The smallest absolute Gasteiger partial charge is 0.315 e. The molecule has 1 fully saturated rings. The third-order valence-corrected chi connectivity index (χ3v) is 7.33. The molecule has 0 aromatic heterocycles. The molecule has 126 valence electrons. The molecule has 1 saturated carbocycles. The standard InChI is InChI=1S/C19H19ClO3S/c1-14-8-10-16(11-9-14)24(22)19(20)13-18(19,2)17(21)23-12-15-6-4-3-5-7-15/h3-11H,12-13H2,1-2H3/t18-,19-,24?/m0/s1. The molecule has 0 N–H and O–H groups in total. The highest BCUT2D eigenvalue weighted by molar-refractivity contribution is 7.88. The van der Waals surface area contributed by atoms with Crippen LogP contribution in [0.1, 0.15) is 24.5 Å². The number of ether oxygens (including phenoxy) is 1. The average Bonchev–Trinajstić information content (AvgIpc) is 3.18. The van der Waals surface area contributed by atoms with Crippen LogP contribution < -0.4 is 0 Å². The Balaban J connectivity index is 1.69. The third kappa shape index (κ3) is 3.01. The Morgan fingerprint density at radius 2 is 1.79 bits per heavy atom. The Morgan fingerprint density at radius 1 is 1.17 bits per heavy atom. The quantitative estimate of drug-likeness (QED) is 0.591. The highest BCUT2D eigenvalue weighted by Gasteiger charge is 2.73. The van der Waals surface area contributed by atoms with Gasteiger partial charge in [-0.1, -0.05) is 48.0 Å². The van der Waals surface area contributed by atoms with Crippen LogP contribution in [0.15, 0.2) is 59.5 Å². The molecule has 1 unspecified atom stereocenters. The number of benzene rings is 2. The third-order valence-electron chi connectivity index (χ3n) is 4.47. The summed E-state index contributed by atoms with van der Waals surface area (Å²) in [6.07, 6.45) is 0.343. The topological polar surface area (TPSA) is 43.4 Å². The van der Waals surface area contributed by atoms with E-state index in [-0.39, 0.29) is 6.61 Å². The van der Waals surface area contributed by atoms with Crippen molar-refractivity contribution in [3.63, 3.8) is 0 Å². The van der Waals surface area contributed by atoms with Crippen molar-refractivity contribution in [2.75, 3.05) is 0 Å². The lowest BCUT2D eigenvalue weighted by Crippen LogP contribution is -2.27. The van der Waals surface area contributed by atoms with E-state index in [0.29, 0.717) is 11.3 Å². The molecule has 3 rings (SSSR count). The van der Waals surface area contributed by atoms with E-state index in [2.05, 4.69) is 0 Å². The molecule has 0 saturated heterocycles. The Bertz CT molecular complexity index is 775. The van der Waals surface area contributed by atoms with Crippen LogP contribution >= 0.6 is 11.6 Å². The highest BCUT2D eigenvalue weighted by atomic mass is 35.5. The molecule has 3 nitrogen and oxygen atoms in total. The lowest BCUT2D eigenvalue weighted by molar-refractivity contribution is -0.150. The van der Waals surface area contributed by atoms with Gasteiger partial charge in [0.05, 0.1) is 16.2 Å². The summed E-state index contributed by atoms with van der Waals surface area (Å²) in [6.45, 7) is 3.88. The minimum atomic E-state index is -1.47. The zero-order valence-corrected chi connectivity index (χ0v) is 15.2. The van der Waals surface area contributed by atoms with Crippen LogP contribution in [0.4, 0.5) is 0 Å². The Kier molecular flexibility index (Phi) is 4.54. The van der Waals surface area contributed by atoms with Gasteiger partial charge in [0.1, 0.15) is 10.8 Å². The first-order chi connectivity index (χ1) is 11.4. The van der Waals surface area contributed by atoms with Gasteiger partial charge in [-0.2, -0.15) is 0 Å². The van der Waals surface area contributed by atoms with Crippen LogP contribution in [0.3, 0.4) is 0 Å². The number of carbonyl (C=O) groups is 1. The summed E-state index contributed by atoms with van der Waals surface area (Å²) in [4.78, 5) is 13.1. The molecule has 5 heteroatoms. The minimum Gasteiger partial charge on any atom is -0.460 e. The summed E-state index contributed by atoms with van der Waals surface area (Å²) in [5, 5.41) is 0. The van der Waals surface area contributed by atoms with Crippen LogP contribution in [0.2, 0.25) is 0 Å². The maximum Gasteiger partial charge on any atom is 0.315 e. The number of carbonyl (C=O) groups excluding carboxylic acids is 1. The van der Waals surface area contributed by atoms with Crippen molar-refractivity contribution >= 4 is 28.4 Å². The summed E-state index contributed by atoms with van der Waals surface area (Å²) in [5.74, 6) is -0.401. The van der Waals surface area contributed by atoms with Crippen LogP contribution in [-0.2, 0) is 26.9 Å². The van der Waals surface area contributed by atoms with Crippen LogP contribution in [0.5, 0.6) is 0 Å². The molecule has 2 aromatic carbocycles. The molecule has 0 bridgehead atoms. The number of rotatable bonds is 5. The van der Waals surface area contributed by atoms with E-state index in [4.69, 9.17) is 16.3 Å². The van der Waals surface area contributed by atoms with Gasteiger partial charge in [-0.25, -0.2) is 0 Å². The van der Waals surface area contributed by atoms with Crippen LogP contribution in [0, 0.1) is 12.3 Å². The van der Waals surface area contributed by atoms with E-state index in [1.165, 1.54) is 0 Å². The van der Waals surface area contributed by atoms with E-state index in [9.17, 15) is 9.00 Å². The predicted octanol–water partition coefficient (Wildman–Crippen LogP) is 4.19. The zero-order valence-electron chi connectivity index (χ0n) is 13.6. The molecule has 24 heavy (non-hydrogen) atoms. The van der Waals surface area contributed by atoms with Crippen LogP contribution in [-0.4, -0.2) is 14.4 Å². The summed E-state index contributed by atoms with van der Waals surface area (Å²) in [7, 11) is -1.47. The number of hydrogen-bond acceptors (Lipinski definition) is 3. The lowest BCUT2D eigenvalue weighted by Gasteiger charge is -2.16. The fraction of sp³-hybridized carbons (Fsp3) is 0.316.